The fourth-order valence-electron chi connectivity index (χ4n) is 1.69. The molecule has 2 aromatic rings. The quantitative estimate of drug-likeness (QED) is 0.416. The first kappa shape index (κ1) is 15.3. The monoisotopic (exact) mass is 319 g/mol. The molecule has 2 aromatic carbocycles. The molecule has 0 aliphatic carbocycles. The van der Waals surface area contributed by atoms with Gasteiger partial charge < -0.3 is 0 Å². The molecular formula is C16H11Cl2NO2. The maximum atomic E-state index is 10.7. The predicted octanol–water partition coefficient (Wildman–Crippen LogP) is 5.63. The summed E-state index contributed by atoms with van der Waals surface area (Å²) in [5, 5.41) is 11.7. The topological polar surface area (TPSA) is 43.1 Å². The Morgan fingerprint density at radius 3 is 2.19 bits per heavy atom. The Hall–Kier alpha value is -2.10. The van der Waals surface area contributed by atoms with E-state index in [0.29, 0.717) is 10.0 Å². The minimum absolute atomic E-state index is 0.0746. The van der Waals surface area contributed by atoms with E-state index in [1.165, 1.54) is 12.1 Å². The number of halogens is 2. The second-order valence-electron chi connectivity index (χ2n) is 4.24. The Labute approximate surface area is 132 Å². The van der Waals surface area contributed by atoms with Crippen LogP contribution in [0.1, 0.15) is 11.1 Å². The van der Waals surface area contributed by atoms with Crippen LogP contribution in [-0.4, -0.2) is 4.92 Å². The maximum absolute atomic E-state index is 10.7. The zero-order valence-electron chi connectivity index (χ0n) is 10.9. The van der Waals surface area contributed by atoms with E-state index in [-0.39, 0.29) is 5.69 Å². The summed E-state index contributed by atoms with van der Waals surface area (Å²) < 4.78 is 0. The van der Waals surface area contributed by atoms with Crippen LogP contribution in [0.2, 0.25) is 10.0 Å². The molecule has 0 fully saturated rings. The first-order valence-corrected chi connectivity index (χ1v) is 6.86. The molecule has 2 rings (SSSR count). The largest absolute Gasteiger partial charge is 0.270 e. The van der Waals surface area contributed by atoms with Crippen molar-refractivity contribution in [3.05, 3.63) is 85.9 Å². The molecule has 0 heterocycles. The van der Waals surface area contributed by atoms with Crippen LogP contribution in [0.3, 0.4) is 0 Å². The number of nitrogens with zero attached hydrogens (tertiary/aromatic N) is 1. The summed E-state index contributed by atoms with van der Waals surface area (Å²) in [7, 11) is 0. The smallest absolute Gasteiger partial charge is 0.258 e. The molecule has 0 amide bonds. The van der Waals surface area contributed by atoms with Crippen molar-refractivity contribution < 1.29 is 4.92 Å². The van der Waals surface area contributed by atoms with Crippen LogP contribution in [0.25, 0.3) is 12.2 Å². The highest BCUT2D eigenvalue weighted by molar-refractivity contribution is 6.42. The van der Waals surface area contributed by atoms with Gasteiger partial charge in [0.15, 0.2) is 0 Å². The molecule has 0 bridgehead atoms. The lowest BCUT2D eigenvalue weighted by Gasteiger charge is -1.96. The van der Waals surface area contributed by atoms with E-state index in [1.54, 1.807) is 30.3 Å². The van der Waals surface area contributed by atoms with Gasteiger partial charge in [-0.2, -0.15) is 0 Å². The van der Waals surface area contributed by atoms with Gasteiger partial charge in [-0.25, -0.2) is 0 Å². The number of nitro groups is 1. The van der Waals surface area contributed by atoms with E-state index < -0.39 is 4.92 Å². The molecule has 106 valence electrons. The average Bonchev–Trinajstić information content (AvgIpc) is 2.47. The molecule has 0 spiro atoms. The third-order valence-electron chi connectivity index (χ3n) is 2.71. The van der Waals surface area contributed by atoms with Crippen LogP contribution < -0.4 is 0 Å². The van der Waals surface area contributed by atoms with Crippen LogP contribution in [0.4, 0.5) is 5.69 Å². The fraction of sp³-hybridized carbons (Fsp3) is 0. The number of hydrogen-bond acceptors (Lipinski definition) is 2. The predicted molar refractivity (Wildman–Crippen MR) is 87.6 cm³/mol. The third-order valence-corrected chi connectivity index (χ3v) is 3.45. The molecule has 5 heteroatoms. The van der Waals surface area contributed by atoms with Crippen LogP contribution in [0, 0.1) is 10.1 Å². The molecule has 0 saturated carbocycles. The van der Waals surface area contributed by atoms with Gasteiger partial charge in [0, 0.05) is 12.1 Å². The fourth-order valence-corrected chi connectivity index (χ4v) is 2.00. The van der Waals surface area contributed by atoms with E-state index in [2.05, 4.69) is 0 Å². The zero-order chi connectivity index (χ0) is 15.2. The number of nitro benzene ring substituents is 1. The van der Waals surface area contributed by atoms with Crippen LogP contribution in [0.5, 0.6) is 0 Å². The van der Waals surface area contributed by atoms with Gasteiger partial charge in [-0.3, -0.25) is 10.1 Å². The zero-order valence-corrected chi connectivity index (χ0v) is 12.4. The van der Waals surface area contributed by atoms with E-state index in [0.717, 1.165) is 11.1 Å². The van der Waals surface area contributed by atoms with Crippen molar-refractivity contribution in [1.82, 2.24) is 0 Å². The standard InChI is InChI=1S/C16H11Cl2NO2/c17-15-9-8-13(11-16(15)18)5-2-1-4-12-6-3-7-14(10-12)19(20)21/h1-11H/b4-1+,5-2-. The second-order valence-corrected chi connectivity index (χ2v) is 5.06. The van der Waals surface area contributed by atoms with Crippen molar-refractivity contribution in [2.75, 3.05) is 0 Å². The van der Waals surface area contributed by atoms with Crippen molar-refractivity contribution in [3.63, 3.8) is 0 Å². The number of benzene rings is 2. The lowest BCUT2D eigenvalue weighted by atomic mass is 10.1. The van der Waals surface area contributed by atoms with Crippen molar-refractivity contribution in [2.24, 2.45) is 0 Å². The normalized spacial score (nSPS) is 11.3. The highest BCUT2D eigenvalue weighted by Gasteiger charge is 2.03. The summed E-state index contributed by atoms with van der Waals surface area (Å²) in [6.07, 6.45) is 7.30. The molecule has 0 saturated heterocycles. The van der Waals surface area contributed by atoms with Crippen molar-refractivity contribution in [1.29, 1.82) is 0 Å². The number of non-ortho nitro benzene ring substituents is 1. The van der Waals surface area contributed by atoms with Gasteiger partial charge in [-0.1, -0.05) is 65.7 Å². The molecule has 0 aromatic heterocycles. The molecular weight excluding hydrogens is 309 g/mol. The molecule has 0 aliphatic heterocycles. The first-order chi connectivity index (χ1) is 10.1. The molecule has 0 atom stereocenters. The van der Waals surface area contributed by atoms with Gasteiger partial charge in [0.2, 0.25) is 0 Å². The molecule has 0 radical (unpaired) electrons. The van der Waals surface area contributed by atoms with Gasteiger partial charge in [0.1, 0.15) is 0 Å². The van der Waals surface area contributed by atoms with Crippen LogP contribution in [0.15, 0.2) is 54.6 Å². The summed E-state index contributed by atoms with van der Waals surface area (Å²) in [5.74, 6) is 0. The Morgan fingerprint density at radius 1 is 0.905 bits per heavy atom. The molecule has 21 heavy (non-hydrogen) atoms. The molecule has 0 N–H and O–H groups in total. The highest BCUT2D eigenvalue weighted by atomic mass is 35.5. The summed E-state index contributed by atoms with van der Waals surface area (Å²) in [5.41, 5.74) is 1.77. The molecule has 0 aliphatic rings. The number of rotatable bonds is 4. The summed E-state index contributed by atoms with van der Waals surface area (Å²) in [4.78, 5) is 10.3. The Balaban J connectivity index is 2.08. The second kappa shape index (κ2) is 7.07. The lowest BCUT2D eigenvalue weighted by molar-refractivity contribution is -0.384. The Morgan fingerprint density at radius 2 is 1.57 bits per heavy atom. The van der Waals surface area contributed by atoms with E-state index >= 15 is 0 Å². The molecule has 3 nitrogen and oxygen atoms in total. The van der Waals surface area contributed by atoms with Gasteiger partial charge in [-0.15, -0.1) is 0 Å². The van der Waals surface area contributed by atoms with E-state index in [4.69, 9.17) is 23.2 Å². The van der Waals surface area contributed by atoms with E-state index in [1.807, 2.05) is 24.3 Å². The third kappa shape index (κ3) is 4.45. The minimum atomic E-state index is -0.414. The summed E-state index contributed by atoms with van der Waals surface area (Å²) >= 11 is 11.8. The van der Waals surface area contributed by atoms with Crippen LogP contribution in [-0.2, 0) is 0 Å². The van der Waals surface area contributed by atoms with Gasteiger partial charge in [-0.05, 0) is 23.3 Å². The van der Waals surface area contributed by atoms with E-state index in [9.17, 15) is 10.1 Å². The average molecular weight is 320 g/mol. The van der Waals surface area contributed by atoms with Crippen LogP contribution >= 0.6 is 23.2 Å². The van der Waals surface area contributed by atoms with Gasteiger partial charge in [0.05, 0.1) is 15.0 Å². The van der Waals surface area contributed by atoms with Gasteiger partial charge >= 0.3 is 0 Å². The Kier molecular flexibility index (Phi) is 5.14. The molecule has 0 unspecified atom stereocenters. The summed E-state index contributed by atoms with van der Waals surface area (Å²) in [6.45, 7) is 0. The first-order valence-electron chi connectivity index (χ1n) is 6.10. The lowest BCUT2D eigenvalue weighted by Crippen LogP contribution is -1.87. The minimum Gasteiger partial charge on any atom is -0.258 e. The van der Waals surface area contributed by atoms with Crippen molar-refractivity contribution >= 4 is 41.0 Å². The van der Waals surface area contributed by atoms with Gasteiger partial charge in [0.25, 0.3) is 5.69 Å². The Bertz CT molecular complexity index is 724. The van der Waals surface area contributed by atoms with Crippen molar-refractivity contribution in [2.45, 2.75) is 0 Å². The SMILES string of the molecule is O=[N+]([O-])c1cccc(/C=C/C=C\c2ccc(Cl)c(Cl)c2)c1. The summed E-state index contributed by atoms with van der Waals surface area (Å²) in [6, 6.07) is 11.8. The van der Waals surface area contributed by atoms with Crippen molar-refractivity contribution in [3.8, 4) is 0 Å². The maximum Gasteiger partial charge on any atom is 0.270 e. The highest BCUT2D eigenvalue weighted by Crippen LogP contribution is 2.23. The number of allylic oxidation sites excluding steroid dienone is 2. The number of hydrogen-bond donors (Lipinski definition) is 0.